The van der Waals surface area contributed by atoms with Gasteiger partial charge in [-0.1, -0.05) is 18.7 Å². The summed E-state index contributed by atoms with van der Waals surface area (Å²) in [5, 5.41) is 6.22. The first-order chi connectivity index (χ1) is 7.28. The topological polar surface area (TPSA) is 37.3 Å². The van der Waals surface area contributed by atoms with E-state index in [0.717, 1.165) is 23.3 Å². The summed E-state index contributed by atoms with van der Waals surface area (Å²) < 4.78 is 0. The molecule has 0 bridgehead atoms. The van der Waals surface area contributed by atoms with E-state index in [4.69, 9.17) is 0 Å². The molecule has 1 atom stereocenters. The molecule has 5 heteroatoms. The van der Waals surface area contributed by atoms with E-state index in [0.29, 0.717) is 5.25 Å². The van der Waals surface area contributed by atoms with Crippen LogP contribution >= 0.6 is 23.1 Å². The Morgan fingerprint density at radius 2 is 2.47 bits per heavy atom. The van der Waals surface area contributed by atoms with Crippen molar-refractivity contribution in [2.75, 3.05) is 6.54 Å². The van der Waals surface area contributed by atoms with Crippen LogP contribution in [0.1, 0.15) is 23.2 Å². The second kappa shape index (κ2) is 4.99. The van der Waals surface area contributed by atoms with Gasteiger partial charge in [0.15, 0.2) is 5.17 Å². The highest BCUT2D eigenvalue weighted by atomic mass is 32.2. The molecule has 0 aliphatic carbocycles. The van der Waals surface area contributed by atoms with Gasteiger partial charge in [0.05, 0.1) is 13.1 Å². The van der Waals surface area contributed by atoms with E-state index < -0.39 is 0 Å². The van der Waals surface area contributed by atoms with Gasteiger partial charge >= 0.3 is 0 Å². The minimum atomic E-state index is 0.672. The molecule has 0 radical (unpaired) electrons. The van der Waals surface area contributed by atoms with Gasteiger partial charge in [0.1, 0.15) is 5.01 Å². The molecule has 2 heterocycles. The number of nitrogens with one attached hydrogen (secondary N) is 1. The van der Waals surface area contributed by atoms with Crippen molar-refractivity contribution in [1.82, 2.24) is 10.3 Å². The number of amidine groups is 1. The predicted octanol–water partition coefficient (Wildman–Crippen LogP) is 2.42. The van der Waals surface area contributed by atoms with Gasteiger partial charge in [0.2, 0.25) is 0 Å². The zero-order valence-corrected chi connectivity index (χ0v) is 10.6. The van der Waals surface area contributed by atoms with E-state index in [1.165, 1.54) is 11.3 Å². The summed E-state index contributed by atoms with van der Waals surface area (Å²) >= 11 is 3.59. The highest BCUT2D eigenvalue weighted by Gasteiger charge is 2.17. The first-order valence-corrected chi connectivity index (χ1v) is 6.84. The van der Waals surface area contributed by atoms with Crippen molar-refractivity contribution in [2.45, 2.75) is 32.1 Å². The van der Waals surface area contributed by atoms with Crippen LogP contribution in [0.3, 0.4) is 0 Å². The number of aliphatic imine (C=N–C) groups is 1. The van der Waals surface area contributed by atoms with Crippen LogP contribution < -0.4 is 5.32 Å². The van der Waals surface area contributed by atoms with Crippen LogP contribution in [0.15, 0.2) is 11.2 Å². The Morgan fingerprint density at radius 3 is 3.07 bits per heavy atom. The molecule has 3 nitrogen and oxygen atoms in total. The number of aryl methyl sites for hydroxylation is 1. The molecular formula is C10H15N3S2. The van der Waals surface area contributed by atoms with Crippen LogP contribution in [0.5, 0.6) is 0 Å². The van der Waals surface area contributed by atoms with Gasteiger partial charge < -0.3 is 5.32 Å². The molecule has 0 amide bonds. The zero-order valence-electron chi connectivity index (χ0n) is 8.99. The molecule has 1 unspecified atom stereocenters. The highest BCUT2D eigenvalue weighted by Crippen LogP contribution is 2.22. The summed E-state index contributed by atoms with van der Waals surface area (Å²) in [5.41, 5.74) is 0. The first kappa shape index (κ1) is 11.0. The fourth-order valence-electron chi connectivity index (χ4n) is 1.36. The Hall–Kier alpha value is -0.550. The third-order valence-corrected chi connectivity index (χ3v) is 4.46. The number of hydrogen-bond acceptors (Lipinski definition) is 5. The predicted molar refractivity (Wildman–Crippen MR) is 67.7 cm³/mol. The van der Waals surface area contributed by atoms with Gasteiger partial charge in [-0.15, -0.1) is 11.3 Å². The summed E-state index contributed by atoms with van der Waals surface area (Å²) in [7, 11) is 0. The molecule has 0 saturated heterocycles. The highest BCUT2D eigenvalue weighted by molar-refractivity contribution is 8.14. The Labute approximate surface area is 98.4 Å². The molecule has 82 valence electrons. The molecule has 1 aromatic rings. The lowest BCUT2D eigenvalue weighted by molar-refractivity contribution is 0.839. The van der Waals surface area contributed by atoms with E-state index in [1.54, 1.807) is 11.3 Å². The molecule has 1 N–H and O–H groups in total. The number of thioether (sulfide) groups is 1. The van der Waals surface area contributed by atoms with Gasteiger partial charge in [-0.3, -0.25) is 4.99 Å². The fourth-order valence-corrected chi connectivity index (χ4v) is 3.02. The Morgan fingerprint density at radius 1 is 1.60 bits per heavy atom. The largest absolute Gasteiger partial charge is 0.358 e. The molecule has 2 rings (SSSR count). The van der Waals surface area contributed by atoms with Crippen LogP contribution in [0, 0.1) is 6.92 Å². The second-order valence-electron chi connectivity index (χ2n) is 3.51. The Bertz CT molecular complexity index is 359. The Balaban J connectivity index is 1.80. The number of thiazole rings is 1. The molecule has 0 spiro atoms. The van der Waals surface area contributed by atoms with E-state index in [9.17, 15) is 0 Å². The van der Waals surface area contributed by atoms with Crippen molar-refractivity contribution in [1.29, 1.82) is 0 Å². The van der Waals surface area contributed by atoms with Crippen molar-refractivity contribution in [3.63, 3.8) is 0 Å². The standard InChI is InChI=1S/C10H15N3S2/c1-3-8-5-12-10(15-8)13-6-9-11-4-7(2)14-9/h4,8H,3,5-6H2,1-2H3,(H,12,13). The van der Waals surface area contributed by atoms with Crippen molar-refractivity contribution in [3.8, 4) is 0 Å². The van der Waals surface area contributed by atoms with E-state index >= 15 is 0 Å². The van der Waals surface area contributed by atoms with Crippen LogP contribution in [0.2, 0.25) is 0 Å². The van der Waals surface area contributed by atoms with Gasteiger partial charge in [0, 0.05) is 16.3 Å². The smallest absolute Gasteiger partial charge is 0.157 e. The van der Waals surface area contributed by atoms with Crippen molar-refractivity contribution >= 4 is 28.3 Å². The first-order valence-electron chi connectivity index (χ1n) is 5.14. The summed E-state index contributed by atoms with van der Waals surface area (Å²) in [5.74, 6) is 0. The van der Waals surface area contributed by atoms with Crippen LogP contribution in [0.4, 0.5) is 0 Å². The average Bonchev–Trinajstić information content (AvgIpc) is 2.83. The average molecular weight is 241 g/mol. The molecule has 0 fully saturated rings. The molecule has 1 aliphatic rings. The van der Waals surface area contributed by atoms with Gasteiger partial charge in [-0.25, -0.2) is 4.98 Å². The maximum atomic E-state index is 4.46. The van der Waals surface area contributed by atoms with Gasteiger partial charge in [-0.05, 0) is 13.3 Å². The normalized spacial score (nSPS) is 20.4. The second-order valence-corrected chi connectivity index (χ2v) is 6.12. The number of hydrogen-bond donors (Lipinski definition) is 1. The van der Waals surface area contributed by atoms with Crippen molar-refractivity contribution in [2.24, 2.45) is 4.99 Å². The molecule has 0 saturated carbocycles. The maximum Gasteiger partial charge on any atom is 0.157 e. The van der Waals surface area contributed by atoms with Crippen molar-refractivity contribution in [3.05, 3.63) is 16.1 Å². The van der Waals surface area contributed by atoms with Gasteiger partial charge in [-0.2, -0.15) is 0 Å². The quantitative estimate of drug-likeness (QED) is 0.883. The zero-order chi connectivity index (χ0) is 10.7. The fraction of sp³-hybridized carbons (Fsp3) is 0.600. The van der Waals surface area contributed by atoms with Crippen molar-refractivity contribution < 1.29 is 0 Å². The lowest BCUT2D eigenvalue weighted by Crippen LogP contribution is -2.18. The summed E-state index contributed by atoms with van der Waals surface area (Å²) in [6.07, 6.45) is 3.11. The monoisotopic (exact) mass is 241 g/mol. The minimum absolute atomic E-state index is 0.672. The molecule has 15 heavy (non-hydrogen) atoms. The van der Waals surface area contributed by atoms with E-state index in [1.807, 2.05) is 18.0 Å². The van der Waals surface area contributed by atoms with E-state index in [2.05, 4.69) is 29.1 Å². The van der Waals surface area contributed by atoms with Crippen LogP contribution in [0.25, 0.3) is 0 Å². The van der Waals surface area contributed by atoms with Crippen LogP contribution in [-0.4, -0.2) is 21.9 Å². The Kier molecular flexibility index (Phi) is 3.64. The SMILES string of the molecule is CCC1CN=C(NCc2ncc(C)s2)S1. The maximum absolute atomic E-state index is 4.46. The molecular weight excluding hydrogens is 226 g/mol. The third kappa shape index (κ3) is 2.95. The number of rotatable bonds is 3. The third-order valence-electron chi connectivity index (χ3n) is 2.23. The molecule has 1 aromatic heterocycles. The van der Waals surface area contributed by atoms with Gasteiger partial charge in [0.25, 0.3) is 0 Å². The molecule has 1 aliphatic heterocycles. The number of aromatic nitrogens is 1. The lowest BCUT2D eigenvalue weighted by Gasteiger charge is -2.04. The molecule has 0 aromatic carbocycles. The summed E-state index contributed by atoms with van der Waals surface area (Å²) in [6.45, 7) is 6.05. The minimum Gasteiger partial charge on any atom is -0.358 e. The lowest BCUT2D eigenvalue weighted by atomic mass is 10.3. The van der Waals surface area contributed by atoms with E-state index in [-0.39, 0.29) is 0 Å². The number of nitrogens with zero attached hydrogens (tertiary/aromatic N) is 2. The summed E-state index contributed by atoms with van der Waals surface area (Å²) in [4.78, 5) is 10.0. The van der Waals surface area contributed by atoms with Crippen LogP contribution in [-0.2, 0) is 6.54 Å². The summed E-state index contributed by atoms with van der Waals surface area (Å²) in [6, 6.07) is 0.